The van der Waals surface area contributed by atoms with Crippen molar-refractivity contribution in [3.63, 3.8) is 0 Å². The Kier molecular flexibility index (Phi) is 20.6. The minimum Gasteiger partial charge on any atom is -0.492 e. The van der Waals surface area contributed by atoms with Crippen LogP contribution >= 0.6 is 0 Å². The molecule has 0 fully saturated rings. The summed E-state index contributed by atoms with van der Waals surface area (Å²) in [7, 11) is 0. The minimum atomic E-state index is 0.778. The molecule has 0 aliphatic heterocycles. The van der Waals surface area contributed by atoms with Crippen LogP contribution in [-0.4, -0.2) is 18.2 Å². The van der Waals surface area contributed by atoms with Crippen molar-refractivity contribution in [3.05, 3.63) is 18.5 Å². The van der Waals surface area contributed by atoms with Crippen molar-refractivity contribution in [2.75, 3.05) is 13.2 Å². The summed E-state index contributed by atoms with van der Waals surface area (Å²) < 4.78 is 11.8. The smallest absolute Gasteiger partial charge is 0.141 e. The lowest BCUT2D eigenvalue weighted by Gasteiger charge is -2.09. The van der Waals surface area contributed by atoms with E-state index in [4.69, 9.17) is 9.47 Å². The van der Waals surface area contributed by atoms with Crippen LogP contribution in [0.2, 0.25) is 0 Å². The molecule has 32 heavy (non-hydrogen) atoms. The number of pyridine rings is 1. The quantitative estimate of drug-likeness (QED) is 0.148. The second-order valence-electron chi connectivity index (χ2n) is 9.42. The minimum absolute atomic E-state index is 0.778. The summed E-state index contributed by atoms with van der Waals surface area (Å²) in [5, 5.41) is 0. The zero-order valence-corrected chi connectivity index (χ0v) is 21.6. The van der Waals surface area contributed by atoms with Gasteiger partial charge in [0.2, 0.25) is 0 Å². The van der Waals surface area contributed by atoms with Gasteiger partial charge in [-0.2, -0.15) is 0 Å². The Morgan fingerprint density at radius 1 is 0.469 bits per heavy atom. The molecule has 3 heteroatoms. The maximum atomic E-state index is 5.88. The molecule has 0 unspecified atom stereocenters. The second-order valence-corrected chi connectivity index (χ2v) is 9.42. The van der Waals surface area contributed by atoms with E-state index >= 15 is 0 Å². The van der Waals surface area contributed by atoms with Crippen molar-refractivity contribution in [2.24, 2.45) is 0 Å². The Morgan fingerprint density at radius 2 is 0.781 bits per heavy atom. The van der Waals surface area contributed by atoms with Crippen LogP contribution in [0.15, 0.2) is 18.5 Å². The summed E-state index contributed by atoms with van der Waals surface area (Å²) >= 11 is 0. The topological polar surface area (TPSA) is 31.4 Å². The summed E-state index contributed by atoms with van der Waals surface area (Å²) in [4.78, 5) is 4.27. The van der Waals surface area contributed by atoms with E-state index in [0.29, 0.717) is 0 Å². The van der Waals surface area contributed by atoms with Gasteiger partial charge in [-0.05, 0) is 12.8 Å². The van der Waals surface area contributed by atoms with Crippen LogP contribution in [0.5, 0.6) is 11.5 Å². The van der Waals surface area contributed by atoms with Gasteiger partial charge >= 0.3 is 0 Å². The van der Waals surface area contributed by atoms with Crippen LogP contribution < -0.4 is 9.47 Å². The first-order valence-electron chi connectivity index (χ1n) is 14.1. The number of rotatable bonds is 24. The monoisotopic (exact) mass is 447 g/mol. The molecule has 3 nitrogen and oxygen atoms in total. The number of hydrogen-bond acceptors (Lipinski definition) is 3. The molecule has 0 spiro atoms. The van der Waals surface area contributed by atoms with Crippen LogP contribution in [0.4, 0.5) is 0 Å². The van der Waals surface area contributed by atoms with Crippen LogP contribution in [-0.2, 0) is 0 Å². The third-order valence-corrected chi connectivity index (χ3v) is 6.22. The average Bonchev–Trinajstić information content (AvgIpc) is 2.81. The lowest BCUT2D eigenvalue weighted by molar-refractivity contribution is 0.287. The summed E-state index contributed by atoms with van der Waals surface area (Å²) in [6.07, 6.45) is 30.5. The van der Waals surface area contributed by atoms with Crippen LogP contribution in [0.25, 0.3) is 0 Å². The van der Waals surface area contributed by atoms with Crippen LogP contribution in [0.1, 0.15) is 142 Å². The van der Waals surface area contributed by atoms with Gasteiger partial charge in [-0.25, -0.2) is 0 Å². The molecule has 0 atom stereocenters. The first-order chi connectivity index (χ1) is 15.9. The van der Waals surface area contributed by atoms with Gasteiger partial charge in [-0.15, -0.1) is 0 Å². The van der Waals surface area contributed by atoms with E-state index in [1.807, 2.05) is 6.07 Å². The summed E-state index contributed by atoms with van der Waals surface area (Å²) in [5.41, 5.74) is 0. The molecule has 1 aromatic heterocycles. The lowest BCUT2D eigenvalue weighted by Crippen LogP contribution is -2.00. The van der Waals surface area contributed by atoms with Crippen molar-refractivity contribution in [3.8, 4) is 11.5 Å². The van der Waals surface area contributed by atoms with E-state index < -0.39 is 0 Å². The Hall–Kier alpha value is -1.25. The van der Waals surface area contributed by atoms with Crippen molar-refractivity contribution >= 4 is 0 Å². The Morgan fingerprint density at radius 3 is 1.12 bits per heavy atom. The fourth-order valence-corrected chi connectivity index (χ4v) is 4.12. The number of unbranched alkanes of at least 4 members (excludes halogenated alkanes) is 18. The molecule has 1 heterocycles. The summed E-state index contributed by atoms with van der Waals surface area (Å²) in [5.74, 6) is 1.67. The molecule has 0 saturated carbocycles. The normalized spacial score (nSPS) is 11.1. The van der Waals surface area contributed by atoms with E-state index in [-0.39, 0.29) is 0 Å². The van der Waals surface area contributed by atoms with Crippen LogP contribution in [0, 0.1) is 0 Å². The molecule has 0 aliphatic rings. The molecule has 0 aliphatic carbocycles. The highest BCUT2D eigenvalue weighted by molar-refractivity contribution is 5.28. The standard InChI is InChI=1S/C29H53NO2/c1-3-5-7-9-11-13-15-17-19-21-23-31-28-25-29(27-30-26-28)32-24-22-20-18-16-14-12-10-8-6-4-2/h25-27H,3-24H2,1-2H3. The Bertz CT molecular complexity index is 464. The Labute approximate surface area is 200 Å². The maximum Gasteiger partial charge on any atom is 0.141 e. The summed E-state index contributed by atoms with van der Waals surface area (Å²) in [6.45, 7) is 6.11. The molecule has 1 aromatic rings. The zero-order chi connectivity index (χ0) is 23.0. The van der Waals surface area contributed by atoms with Crippen molar-refractivity contribution < 1.29 is 9.47 Å². The van der Waals surface area contributed by atoms with Gasteiger partial charge in [0, 0.05) is 6.07 Å². The molecular weight excluding hydrogens is 394 g/mol. The van der Waals surface area contributed by atoms with E-state index in [1.54, 1.807) is 12.4 Å². The van der Waals surface area contributed by atoms with E-state index in [0.717, 1.165) is 37.6 Å². The van der Waals surface area contributed by atoms with E-state index in [9.17, 15) is 0 Å². The number of nitrogens with zero attached hydrogens (tertiary/aromatic N) is 1. The van der Waals surface area contributed by atoms with Gasteiger partial charge in [0.05, 0.1) is 25.6 Å². The highest BCUT2D eigenvalue weighted by Gasteiger charge is 2.00. The van der Waals surface area contributed by atoms with E-state index in [1.165, 1.54) is 116 Å². The van der Waals surface area contributed by atoms with Gasteiger partial charge in [0.1, 0.15) is 11.5 Å². The van der Waals surface area contributed by atoms with Crippen molar-refractivity contribution in [1.82, 2.24) is 4.98 Å². The average molecular weight is 448 g/mol. The molecule has 0 amide bonds. The highest BCUT2D eigenvalue weighted by Crippen LogP contribution is 2.19. The SMILES string of the molecule is CCCCCCCCCCCCOc1cncc(OCCCCCCCCCCCC)c1. The van der Waals surface area contributed by atoms with Crippen LogP contribution in [0.3, 0.4) is 0 Å². The van der Waals surface area contributed by atoms with Crippen molar-refractivity contribution in [1.29, 1.82) is 0 Å². The van der Waals surface area contributed by atoms with E-state index in [2.05, 4.69) is 18.8 Å². The predicted molar refractivity (Wildman–Crippen MR) is 139 cm³/mol. The van der Waals surface area contributed by atoms with Crippen molar-refractivity contribution in [2.45, 2.75) is 142 Å². The first kappa shape index (κ1) is 28.8. The fraction of sp³-hybridized carbons (Fsp3) is 0.828. The highest BCUT2D eigenvalue weighted by atomic mass is 16.5. The maximum absolute atomic E-state index is 5.88. The Balaban J connectivity index is 1.94. The largest absolute Gasteiger partial charge is 0.492 e. The molecule has 1 rings (SSSR count). The fourth-order valence-electron chi connectivity index (χ4n) is 4.12. The zero-order valence-electron chi connectivity index (χ0n) is 21.6. The third-order valence-electron chi connectivity index (χ3n) is 6.22. The van der Waals surface area contributed by atoms with Gasteiger partial charge in [-0.1, -0.05) is 129 Å². The molecule has 0 saturated heterocycles. The number of hydrogen-bond donors (Lipinski definition) is 0. The molecule has 186 valence electrons. The van der Waals surface area contributed by atoms with Gasteiger partial charge in [0.15, 0.2) is 0 Å². The molecule has 0 N–H and O–H groups in total. The lowest BCUT2D eigenvalue weighted by atomic mass is 10.1. The second kappa shape index (κ2) is 22.9. The molecule has 0 bridgehead atoms. The molecule has 0 aromatic carbocycles. The number of ether oxygens (including phenoxy) is 2. The number of aromatic nitrogens is 1. The third kappa shape index (κ3) is 18.3. The van der Waals surface area contributed by atoms with Gasteiger partial charge in [-0.3, -0.25) is 4.98 Å². The van der Waals surface area contributed by atoms with Gasteiger partial charge < -0.3 is 9.47 Å². The molecule has 0 radical (unpaired) electrons. The predicted octanol–water partition coefficient (Wildman–Crippen LogP) is 9.68. The first-order valence-corrected chi connectivity index (χ1v) is 14.1. The summed E-state index contributed by atoms with van der Waals surface area (Å²) in [6, 6.07) is 1.99. The molecular formula is C29H53NO2. The van der Waals surface area contributed by atoms with Gasteiger partial charge in [0.25, 0.3) is 0 Å².